The SMILES string of the molecule is CCCCC[C@H](O)CC[C@@H]1[C@H]2Cc3cccc(OCC(=O)OC)c3C[C@H]2C[C@H]1OC(=O)OCCOCC.CCCCC[C@H](O)CC[C@@H]1[C@H]2Cc3cccc(OCC(=O)O[C@@H]4C[C@H](C)CC[C@H]4C(C)C)c3C[C@H]2C[C@H]1O.CCCCC[C@H](O)CC[C@@H]1[C@H]2Cc3cccc(OCC(=O)O[C@@H]4C[C@H]5CC[C@@H]4C5)c3C[C@H]2C[C@H]1O.CCCCC[C@H](O)CC[C@@H]1[C@H]2Cc3cccc(OCC(=O)O[C@@H]4C[C@H]5CC[C@]4(C)C5(C)C)c3C[C@H]2C[C@H]1O. The van der Waals surface area contributed by atoms with Gasteiger partial charge < -0.3 is 87.9 Å². The zero-order valence-electron chi connectivity index (χ0n) is 92.3. The number of methoxy groups -OCH3 is 1. The van der Waals surface area contributed by atoms with E-state index in [9.17, 15) is 59.7 Å². The Labute approximate surface area is 886 Å². The first kappa shape index (κ1) is 116. The van der Waals surface area contributed by atoms with Gasteiger partial charge in [0.05, 0.1) is 56.4 Å². The van der Waals surface area contributed by atoms with Gasteiger partial charge in [-0.15, -0.1) is 0 Å². The van der Waals surface area contributed by atoms with Crippen molar-refractivity contribution < 1.29 is 112 Å². The van der Waals surface area contributed by atoms with Gasteiger partial charge in [-0.2, -0.15) is 0 Å². The number of aliphatic hydroxyl groups excluding tert-OH is 7. The molecule has 23 heteroatoms. The molecule has 4 bridgehead atoms. The van der Waals surface area contributed by atoms with Crippen molar-refractivity contribution >= 4 is 30.0 Å². The monoisotopic (exact) mass is 2060 g/mol. The molecule has 13 aliphatic rings. The summed E-state index contributed by atoms with van der Waals surface area (Å²) >= 11 is 0. The van der Waals surface area contributed by atoms with Crippen molar-refractivity contribution in [3.05, 3.63) is 117 Å². The molecule has 17 rings (SSSR count). The first-order chi connectivity index (χ1) is 71.4. The van der Waals surface area contributed by atoms with Crippen molar-refractivity contribution in [2.75, 3.05) is 53.4 Å². The van der Waals surface area contributed by atoms with Crippen LogP contribution in [0.15, 0.2) is 72.8 Å². The Balaban J connectivity index is 0.000000156. The molecule has 0 aliphatic heterocycles. The second-order valence-electron chi connectivity index (χ2n) is 48.9. The molecule has 4 aromatic rings. The molecule has 0 aromatic heterocycles. The van der Waals surface area contributed by atoms with Crippen LogP contribution in [0.1, 0.15) is 365 Å². The van der Waals surface area contributed by atoms with Crippen LogP contribution in [-0.2, 0) is 104 Å². The third-order valence-electron chi connectivity index (χ3n) is 39.0. The van der Waals surface area contributed by atoms with Crippen molar-refractivity contribution in [2.24, 2.45) is 117 Å². The van der Waals surface area contributed by atoms with Crippen LogP contribution in [0.3, 0.4) is 0 Å². The Kier molecular flexibility index (Phi) is 44.3. The predicted octanol–water partition coefficient (Wildman–Crippen LogP) is 22.9. The molecular weight excluding hydrogens is 1870 g/mol. The van der Waals surface area contributed by atoms with Gasteiger partial charge in [-0.25, -0.2) is 24.0 Å². The average Bonchev–Trinajstić information content (AvgIpc) is 1.55. The van der Waals surface area contributed by atoms with Gasteiger partial charge in [0.1, 0.15) is 54.0 Å². The number of aliphatic hydroxyl groups is 7. The second kappa shape index (κ2) is 56.3. The highest BCUT2D eigenvalue weighted by molar-refractivity contribution is 5.73. The number of hydrogen-bond acceptors (Lipinski definition) is 23. The van der Waals surface area contributed by atoms with Crippen LogP contribution >= 0.6 is 0 Å². The zero-order valence-corrected chi connectivity index (χ0v) is 92.3. The molecule has 13 aliphatic carbocycles. The molecular formula is C125H190O23. The summed E-state index contributed by atoms with van der Waals surface area (Å²) in [4.78, 5) is 62.2. The van der Waals surface area contributed by atoms with Gasteiger partial charge in [0.15, 0.2) is 26.4 Å². The minimum absolute atomic E-state index is 0.0117. The van der Waals surface area contributed by atoms with E-state index in [4.69, 9.17) is 52.1 Å². The van der Waals surface area contributed by atoms with Crippen molar-refractivity contribution in [2.45, 2.75) is 439 Å². The number of carbonyl (C=O) groups is 5. The topological polar surface area (TPSA) is 328 Å². The van der Waals surface area contributed by atoms with Gasteiger partial charge in [0, 0.05) is 12.0 Å². The summed E-state index contributed by atoms with van der Waals surface area (Å²) in [6.45, 7) is 25.1. The lowest BCUT2D eigenvalue weighted by Crippen LogP contribution is -2.39. The molecule has 0 heterocycles. The number of fused-ring (bicyclic) bond motifs is 12. The number of ether oxygens (including phenoxy) is 11. The van der Waals surface area contributed by atoms with E-state index < -0.39 is 12.1 Å². The maximum absolute atomic E-state index is 12.8. The Morgan fingerprint density at radius 1 is 0.385 bits per heavy atom. The first-order valence-corrected chi connectivity index (χ1v) is 59.1. The first-order valence-electron chi connectivity index (χ1n) is 59.1. The molecule has 7 N–H and O–H groups in total. The average molecular weight is 2060 g/mol. The van der Waals surface area contributed by atoms with Crippen LogP contribution in [0, 0.1) is 117 Å². The van der Waals surface area contributed by atoms with Crippen LogP contribution in [-0.4, -0.2) is 186 Å². The van der Waals surface area contributed by atoms with Crippen molar-refractivity contribution in [1.82, 2.24) is 0 Å². The maximum atomic E-state index is 12.8. The van der Waals surface area contributed by atoms with E-state index >= 15 is 0 Å². The minimum atomic E-state index is -0.656. The summed E-state index contributed by atoms with van der Waals surface area (Å²) < 4.78 is 62.8. The third-order valence-corrected chi connectivity index (χ3v) is 39.0. The van der Waals surface area contributed by atoms with Gasteiger partial charge in [0.25, 0.3) is 0 Å². The lowest BCUT2D eigenvalue weighted by Gasteiger charge is -2.38. The summed E-state index contributed by atoms with van der Waals surface area (Å²) in [5, 5.41) is 74.6. The van der Waals surface area contributed by atoms with E-state index in [1.165, 1.54) is 117 Å². The lowest BCUT2D eigenvalue weighted by molar-refractivity contribution is -0.159. The van der Waals surface area contributed by atoms with Gasteiger partial charge >= 0.3 is 30.0 Å². The highest BCUT2D eigenvalue weighted by Gasteiger charge is 2.63. The second-order valence-corrected chi connectivity index (χ2v) is 48.9. The van der Waals surface area contributed by atoms with Crippen molar-refractivity contribution in [1.29, 1.82) is 0 Å². The van der Waals surface area contributed by atoms with Crippen molar-refractivity contribution in [3.63, 3.8) is 0 Å². The fourth-order valence-corrected chi connectivity index (χ4v) is 30.1. The van der Waals surface area contributed by atoms with Gasteiger partial charge in [-0.05, 0) is 400 Å². The van der Waals surface area contributed by atoms with E-state index in [1.54, 1.807) is 0 Å². The van der Waals surface area contributed by atoms with Crippen LogP contribution in [0.25, 0.3) is 0 Å². The molecule has 23 nitrogen and oxygen atoms in total. The van der Waals surface area contributed by atoms with Gasteiger partial charge in [-0.3, -0.25) is 0 Å². The van der Waals surface area contributed by atoms with Crippen molar-refractivity contribution in [3.8, 4) is 23.0 Å². The standard InChI is InChI=1S/C33H50O5.C33H52O5.C30H44O5.C29H44O8/c1-5-6-7-10-24(34)12-13-25-26-16-21-9-8-11-29(27(21)17-22(26)18-28(25)35)37-20-31(36)38-30-19-23-14-15-33(30,4)32(23,2)3;1-5-6-7-10-25(34)13-15-27-28-17-23-9-8-11-31(29(23)18-24(28)19-30(27)35)37-20-33(36)38-32-16-22(4)12-14-26(32)21(2)3;1-2-3-4-7-23(31)11-12-24-25-15-20-6-5-8-28(26(20)16-22(25)17-27(24)32)34-18-30(33)35-29-14-19-9-10-21(29)13-19;1-4-6-7-10-22(30)12-13-23-24-16-20-9-8-11-26(36-19-28(31)33-3)25(20)17-21(24)18-27(23)37-29(32)35-15-14-34-5-2/h8-9,11,22-26,28,30,34-35H,5-7,10,12-20H2,1-4H3;8-9,11,21-22,24-28,30,32,34-35H,5-7,10,12-20H2,1-4H3;5-6,8,19,21-25,27,29,31-32H,2-4,7,9-18H2,1H3;8-9,11,21-24,27,30H,4-7,10,12-19H2,1-3H3/t22-,23+,24-,25+,26-,28+,30+,33-;22-,24+,25+,26+,27-,28+,30-,32-;19-,21+,22-,23-,24+,25-,27+,29+;21-,22-,23+,24-,27+/m0100/s1. The highest BCUT2D eigenvalue weighted by atomic mass is 16.7. The van der Waals surface area contributed by atoms with E-state index in [1.807, 2.05) is 55.5 Å². The molecule has 0 radical (unpaired) electrons. The largest absolute Gasteiger partial charge is 0.508 e. The van der Waals surface area contributed by atoms with Gasteiger partial charge in [-0.1, -0.05) is 201 Å². The molecule has 0 unspecified atom stereocenters. The van der Waals surface area contributed by atoms with Gasteiger partial charge in [0.2, 0.25) is 0 Å². The summed E-state index contributed by atoms with van der Waals surface area (Å²) in [6, 6.07) is 24.5. The number of benzene rings is 4. The fraction of sp³-hybridized carbons (Fsp3) is 0.768. The Hall–Kier alpha value is -7.09. The van der Waals surface area contributed by atoms with Crippen LogP contribution < -0.4 is 18.9 Å². The molecule has 148 heavy (non-hydrogen) atoms. The molecule has 9 fully saturated rings. The fourth-order valence-electron chi connectivity index (χ4n) is 30.1. The molecule has 29 atom stereocenters. The smallest absolute Gasteiger partial charge is 0.482 e. The van der Waals surface area contributed by atoms with E-state index in [-0.39, 0.29) is 153 Å². The number of esters is 4. The minimum Gasteiger partial charge on any atom is -0.482 e. The summed E-state index contributed by atoms with van der Waals surface area (Å²) in [5.74, 6) is 9.57. The summed E-state index contributed by atoms with van der Waals surface area (Å²) in [5.41, 5.74) is 10.0. The quantitative estimate of drug-likeness (QED) is 0.0123. The predicted molar refractivity (Wildman–Crippen MR) is 574 cm³/mol. The van der Waals surface area contributed by atoms with E-state index in [2.05, 4.69) is 93.5 Å². The normalized spacial score (nSPS) is 31.0. The molecule has 828 valence electrons. The third kappa shape index (κ3) is 30.6. The number of hydrogen-bond donors (Lipinski definition) is 7. The Bertz CT molecular complexity index is 4780. The van der Waals surface area contributed by atoms with Crippen LogP contribution in [0.2, 0.25) is 0 Å². The highest BCUT2D eigenvalue weighted by Crippen LogP contribution is 2.67. The van der Waals surface area contributed by atoms with Crippen LogP contribution in [0.4, 0.5) is 4.79 Å². The number of carbonyl (C=O) groups excluding carboxylic acids is 5. The zero-order chi connectivity index (χ0) is 105. The number of rotatable bonds is 49. The van der Waals surface area contributed by atoms with E-state index in [0.29, 0.717) is 102 Å². The summed E-state index contributed by atoms with van der Waals surface area (Å²) in [6.07, 6.45) is 42.4. The Morgan fingerprint density at radius 3 is 1.14 bits per heavy atom. The lowest BCUT2D eigenvalue weighted by atomic mass is 9.70. The van der Waals surface area contributed by atoms with Crippen LogP contribution in [0.5, 0.6) is 23.0 Å². The van der Waals surface area contributed by atoms with E-state index in [0.717, 1.165) is 247 Å². The molecule has 0 amide bonds. The molecule has 0 spiro atoms. The number of unbranched alkanes of at least 4 members (excludes halogenated alkanes) is 8. The Morgan fingerprint density at radius 2 is 0.777 bits per heavy atom. The summed E-state index contributed by atoms with van der Waals surface area (Å²) in [7, 11) is 1.35. The maximum Gasteiger partial charge on any atom is 0.508 e. The molecule has 9 saturated carbocycles. The molecule has 4 aromatic carbocycles. The molecule has 0 saturated heterocycles.